The Balaban J connectivity index is 1.69. The van der Waals surface area contributed by atoms with Crippen LogP contribution >= 0.6 is 0 Å². The van der Waals surface area contributed by atoms with E-state index in [0.717, 1.165) is 16.7 Å². The van der Waals surface area contributed by atoms with Gasteiger partial charge in [-0.1, -0.05) is 54.6 Å². The van der Waals surface area contributed by atoms with Gasteiger partial charge in [-0.3, -0.25) is 4.79 Å². The highest BCUT2D eigenvalue weighted by atomic mass is 16.5. The van der Waals surface area contributed by atoms with Gasteiger partial charge in [-0.05, 0) is 41.0 Å². The van der Waals surface area contributed by atoms with Crippen LogP contribution in [0.15, 0.2) is 78.9 Å². The summed E-state index contributed by atoms with van der Waals surface area (Å²) in [6, 6.07) is 23.0. The molecule has 0 saturated carbocycles. The molecule has 0 aliphatic rings. The molecule has 0 radical (unpaired) electrons. The Bertz CT molecular complexity index is 935. The van der Waals surface area contributed by atoms with E-state index in [9.17, 15) is 14.7 Å². The highest BCUT2D eigenvalue weighted by molar-refractivity contribution is 5.97. The number of rotatable bonds is 7. The average molecular weight is 375 g/mol. The van der Waals surface area contributed by atoms with Gasteiger partial charge in [0.25, 0.3) is 5.91 Å². The van der Waals surface area contributed by atoms with Gasteiger partial charge in [0.15, 0.2) is 0 Å². The number of methoxy groups -OCH3 is 1. The summed E-state index contributed by atoms with van der Waals surface area (Å²) in [4.78, 5) is 24.1. The van der Waals surface area contributed by atoms with Crippen molar-refractivity contribution in [3.05, 3.63) is 90.0 Å². The lowest BCUT2D eigenvalue weighted by molar-refractivity contribution is -0.139. The minimum atomic E-state index is -1.08. The lowest BCUT2D eigenvalue weighted by Crippen LogP contribution is -2.42. The van der Waals surface area contributed by atoms with Crippen LogP contribution in [0, 0.1) is 0 Å². The van der Waals surface area contributed by atoms with E-state index in [4.69, 9.17) is 4.74 Å². The van der Waals surface area contributed by atoms with Crippen molar-refractivity contribution in [2.24, 2.45) is 0 Å². The van der Waals surface area contributed by atoms with Crippen LogP contribution in [-0.2, 0) is 11.2 Å². The quantitative estimate of drug-likeness (QED) is 0.659. The fourth-order valence-electron chi connectivity index (χ4n) is 2.88. The van der Waals surface area contributed by atoms with Crippen molar-refractivity contribution in [2.75, 3.05) is 7.11 Å². The zero-order valence-electron chi connectivity index (χ0n) is 15.5. The second kappa shape index (κ2) is 8.86. The number of nitrogens with one attached hydrogen (secondary N) is 1. The van der Waals surface area contributed by atoms with Crippen LogP contribution in [0.2, 0.25) is 0 Å². The van der Waals surface area contributed by atoms with Gasteiger partial charge in [0.05, 0.1) is 7.11 Å². The molecular formula is C23H21NO4. The third-order valence-corrected chi connectivity index (χ3v) is 4.46. The number of ether oxygens (including phenoxy) is 1. The van der Waals surface area contributed by atoms with E-state index in [1.165, 1.54) is 0 Å². The minimum Gasteiger partial charge on any atom is -0.497 e. The highest BCUT2D eigenvalue weighted by Gasteiger charge is 2.21. The standard InChI is InChI=1S/C23H21NO4/c1-28-20-13-7-16(8-14-20)15-21(23(26)27)24-22(25)19-11-9-18(10-12-19)17-5-3-2-4-6-17/h2-14,21H,15H2,1H3,(H,24,25)(H,26,27)/t21-/m0/s1. The van der Waals surface area contributed by atoms with E-state index in [0.29, 0.717) is 11.3 Å². The summed E-state index contributed by atoms with van der Waals surface area (Å²) in [6.45, 7) is 0. The van der Waals surface area contributed by atoms with Crippen molar-refractivity contribution in [3.8, 4) is 16.9 Å². The van der Waals surface area contributed by atoms with Gasteiger partial charge in [0.2, 0.25) is 0 Å². The molecule has 5 nitrogen and oxygen atoms in total. The average Bonchev–Trinajstić information content (AvgIpc) is 2.74. The molecule has 3 aromatic rings. The van der Waals surface area contributed by atoms with E-state index in [1.54, 1.807) is 43.5 Å². The third kappa shape index (κ3) is 4.76. The molecule has 0 saturated heterocycles. The summed E-state index contributed by atoms with van der Waals surface area (Å²) < 4.78 is 5.10. The summed E-state index contributed by atoms with van der Waals surface area (Å²) in [6.07, 6.45) is 0.188. The lowest BCUT2D eigenvalue weighted by atomic mass is 10.0. The number of aliphatic carboxylic acids is 1. The van der Waals surface area contributed by atoms with E-state index in [-0.39, 0.29) is 6.42 Å². The SMILES string of the molecule is COc1ccc(C[C@H](NC(=O)c2ccc(-c3ccccc3)cc2)C(=O)O)cc1. The number of benzene rings is 3. The monoisotopic (exact) mass is 375 g/mol. The fourth-order valence-corrected chi connectivity index (χ4v) is 2.88. The predicted molar refractivity (Wildman–Crippen MR) is 107 cm³/mol. The first-order chi connectivity index (χ1) is 13.6. The molecule has 0 heterocycles. The smallest absolute Gasteiger partial charge is 0.326 e. The van der Waals surface area contributed by atoms with Crippen molar-refractivity contribution < 1.29 is 19.4 Å². The van der Waals surface area contributed by atoms with Crippen molar-refractivity contribution in [1.82, 2.24) is 5.32 Å². The highest BCUT2D eigenvalue weighted by Crippen LogP contribution is 2.19. The number of amides is 1. The minimum absolute atomic E-state index is 0.188. The molecule has 2 N–H and O–H groups in total. The van der Waals surface area contributed by atoms with Gasteiger partial charge in [-0.15, -0.1) is 0 Å². The van der Waals surface area contributed by atoms with Crippen LogP contribution < -0.4 is 10.1 Å². The Kier molecular flexibility index (Phi) is 6.07. The maximum atomic E-state index is 12.5. The molecular weight excluding hydrogens is 354 g/mol. The molecule has 5 heteroatoms. The van der Waals surface area contributed by atoms with E-state index < -0.39 is 17.9 Å². The van der Waals surface area contributed by atoms with Gasteiger partial charge in [0, 0.05) is 12.0 Å². The van der Waals surface area contributed by atoms with Gasteiger partial charge < -0.3 is 15.2 Å². The van der Waals surface area contributed by atoms with Gasteiger partial charge in [0.1, 0.15) is 11.8 Å². The zero-order chi connectivity index (χ0) is 19.9. The van der Waals surface area contributed by atoms with E-state index in [1.807, 2.05) is 42.5 Å². The number of carbonyl (C=O) groups is 2. The van der Waals surface area contributed by atoms with E-state index >= 15 is 0 Å². The molecule has 1 atom stereocenters. The molecule has 0 unspecified atom stereocenters. The summed E-state index contributed by atoms with van der Waals surface area (Å²) in [5.41, 5.74) is 3.26. The summed E-state index contributed by atoms with van der Waals surface area (Å²) in [7, 11) is 1.57. The predicted octanol–water partition coefficient (Wildman–Crippen LogP) is 3.79. The summed E-state index contributed by atoms with van der Waals surface area (Å²) in [5.74, 6) is -0.802. The Morgan fingerprint density at radius 3 is 2.07 bits per heavy atom. The van der Waals surface area contributed by atoms with Crippen molar-refractivity contribution in [1.29, 1.82) is 0 Å². The first-order valence-corrected chi connectivity index (χ1v) is 8.89. The molecule has 1 amide bonds. The molecule has 0 aliphatic heterocycles. The maximum Gasteiger partial charge on any atom is 0.326 e. The topological polar surface area (TPSA) is 75.6 Å². The number of hydrogen-bond donors (Lipinski definition) is 2. The van der Waals surface area contributed by atoms with Crippen LogP contribution in [0.4, 0.5) is 0 Å². The van der Waals surface area contributed by atoms with Crippen molar-refractivity contribution in [2.45, 2.75) is 12.5 Å². The Labute approximate surface area is 163 Å². The first kappa shape index (κ1) is 19.2. The van der Waals surface area contributed by atoms with Crippen LogP contribution in [0.1, 0.15) is 15.9 Å². The van der Waals surface area contributed by atoms with Gasteiger partial charge in [-0.2, -0.15) is 0 Å². The van der Waals surface area contributed by atoms with Gasteiger partial charge >= 0.3 is 5.97 Å². The van der Waals surface area contributed by atoms with Gasteiger partial charge in [-0.25, -0.2) is 4.79 Å². The van der Waals surface area contributed by atoms with Crippen LogP contribution in [0.3, 0.4) is 0 Å². The third-order valence-electron chi connectivity index (χ3n) is 4.46. The maximum absolute atomic E-state index is 12.5. The first-order valence-electron chi connectivity index (χ1n) is 8.89. The molecule has 3 aromatic carbocycles. The second-order valence-electron chi connectivity index (χ2n) is 6.36. The molecule has 3 rings (SSSR count). The van der Waals surface area contributed by atoms with Crippen molar-refractivity contribution in [3.63, 3.8) is 0 Å². The summed E-state index contributed by atoms with van der Waals surface area (Å²) >= 11 is 0. The molecule has 142 valence electrons. The Morgan fingerprint density at radius 2 is 1.50 bits per heavy atom. The molecule has 0 bridgehead atoms. The number of carboxylic acid groups (broad SMARTS) is 1. The largest absolute Gasteiger partial charge is 0.497 e. The van der Waals surface area contributed by atoms with Crippen LogP contribution in [-0.4, -0.2) is 30.1 Å². The number of carbonyl (C=O) groups excluding carboxylic acids is 1. The number of hydrogen-bond acceptors (Lipinski definition) is 3. The Morgan fingerprint density at radius 1 is 0.893 bits per heavy atom. The van der Waals surface area contributed by atoms with Crippen molar-refractivity contribution >= 4 is 11.9 Å². The fraction of sp³-hybridized carbons (Fsp3) is 0.130. The van der Waals surface area contributed by atoms with Crippen LogP contribution in [0.25, 0.3) is 11.1 Å². The number of carboxylic acids is 1. The lowest BCUT2D eigenvalue weighted by Gasteiger charge is -2.15. The Hall–Kier alpha value is -3.60. The normalized spacial score (nSPS) is 11.5. The summed E-state index contributed by atoms with van der Waals surface area (Å²) in [5, 5.41) is 12.1. The van der Waals surface area contributed by atoms with Crippen LogP contribution in [0.5, 0.6) is 5.75 Å². The molecule has 0 aliphatic carbocycles. The van der Waals surface area contributed by atoms with E-state index in [2.05, 4.69) is 5.32 Å². The zero-order valence-corrected chi connectivity index (χ0v) is 15.5. The molecule has 28 heavy (non-hydrogen) atoms. The second-order valence-corrected chi connectivity index (χ2v) is 6.36. The molecule has 0 aromatic heterocycles. The molecule has 0 fully saturated rings. The molecule has 0 spiro atoms.